The molecule has 3 aromatic carbocycles. The highest BCUT2D eigenvalue weighted by Crippen LogP contribution is 2.60. The molecule has 1 heterocycles. The van der Waals surface area contributed by atoms with Crippen molar-refractivity contribution in [3.63, 3.8) is 0 Å². The van der Waals surface area contributed by atoms with E-state index in [0.29, 0.717) is 0 Å². The van der Waals surface area contributed by atoms with Gasteiger partial charge in [-0.25, -0.2) is 4.79 Å². The number of hydrogen-bond acceptors (Lipinski definition) is 4. The third kappa shape index (κ3) is 3.55. The molecule has 0 radical (unpaired) electrons. The van der Waals surface area contributed by atoms with Gasteiger partial charge in [0, 0.05) is 11.8 Å². The van der Waals surface area contributed by atoms with Crippen LogP contribution in [0.5, 0.6) is 0 Å². The molecule has 2 amide bonds. The van der Waals surface area contributed by atoms with Crippen molar-refractivity contribution in [3.8, 4) is 0 Å². The zero-order valence-corrected chi connectivity index (χ0v) is 22.6. The predicted molar refractivity (Wildman–Crippen MR) is 142 cm³/mol. The predicted octanol–water partition coefficient (Wildman–Crippen LogP) is 7.00. The molecular formula is C27H16Cl5NO4. The number of ether oxygens (including phenoxy) is 1. The zero-order chi connectivity index (χ0) is 26.2. The van der Waals surface area contributed by atoms with Gasteiger partial charge in [0.2, 0.25) is 11.8 Å². The number of esters is 1. The molecule has 1 saturated heterocycles. The molecule has 3 aromatic rings. The zero-order valence-electron chi connectivity index (χ0n) is 18.8. The van der Waals surface area contributed by atoms with Crippen molar-refractivity contribution >= 4 is 75.8 Å². The van der Waals surface area contributed by atoms with Crippen molar-refractivity contribution in [1.29, 1.82) is 0 Å². The largest absolute Gasteiger partial charge is 0.460 e. The van der Waals surface area contributed by atoms with Crippen LogP contribution in [-0.2, 0) is 14.3 Å². The van der Waals surface area contributed by atoms with Crippen molar-refractivity contribution < 1.29 is 19.1 Å². The molecule has 1 fully saturated rings. The summed E-state index contributed by atoms with van der Waals surface area (Å²) in [4.78, 5) is 41.2. The number of carbonyl (C=O) groups is 3. The van der Waals surface area contributed by atoms with Gasteiger partial charge in [-0.1, -0.05) is 107 Å². The molecule has 3 aliphatic carbocycles. The Balaban J connectivity index is 1.25. The van der Waals surface area contributed by atoms with Crippen LogP contribution in [0.2, 0.25) is 25.1 Å². The SMILES string of the molecule is O=C(OCCN1C(=O)[C@H]2C3c4ccccc4C(c4ccccc43)[C@@H]2C1=O)c1c(Cl)c(Cl)c(Cl)c(Cl)c1Cl. The topological polar surface area (TPSA) is 63.7 Å². The van der Waals surface area contributed by atoms with Crippen LogP contribution >= 0.6 is 58.0 Å². The lowest BCUT2D eigenvalue weighted by Crippen LogP contribution is -2.41. The smallest absolute Gasteiger partial charge is 0.341 e. The third-order valence-electron chi connectivity index (χ3n) is 7.50. The van der Waals surface area contributed by atoms with Crippen LogP contribution in [0.1, 0.15) is 44.4 Å². The fourth-order valence-corrected chi connectivity index (χ4v) is 7.34. The van der Waals surface area contributed by atoms with E-state index >= 15 is 0 Å². The summed E-state index contributed by atoms with van der Waals surface area (Å²) in [5.74, 6) is -2.85. The van der Waals surface area contributed by atoms with Crippen molar-refractivity contribution in [1.82, 2.24) is 4.90 Å². The second-order valence-corrected chi connectivity index (χ2v) is 11.1. The molecule has 0 aromatic heterocycles. The Kier molecular flexibility index (Phi) is 6.21. The van der Waals surface area contributed by atoms with Gasteiger partial charge in [-0.15, -0.1) is 0 Å². The van der Waals surface area contributed by atoms with E-state index in [4.69, 9.17) is 62.7 Å². The Bertz CT molecular complexity index is 1380. The first-order valence-corrected chi connectivity index (χ1v) is 13.3. The summed E-state index contributed by atoms with van der Waals surface area (Å²) >= 11 is 30.4. The van der Waals surface area contributed by atoms with E-state index < -0.39 is 17.8 Å². The van der Waals surface area contributed by atoms with Crippen LogP contribution in [0.4, 0.5) is 0 Å². The molecule has 0 saturated carbocycles. The van der Waals surface area contributed by atoms with Gasteiger partial charge in [0.05, 0.1) is 49.1 Å². The van der Waals surface area contributed by atoms with Crippen LogP contribution in [0.15, 0.2) is 48.5 Å². The maximum Gasteiger partial charge on any atom is 0.341 e. The molecule has 5 nitrogen and oxygen atoms in total. The van der Waals surface area contributed by atoms with E-state index in [1.807, 2.05) is 48.5 Å². The summed E-state index contributed by atoms with van der Waals surface area (Å²) in [6, 6.07) is 16.0. The Morgan fingerprint density at radius 2 is 1.05 bits per heavy atom. The minimum atomic E-state index is -0.896. The molecule has 37 heavy (non-hydrogen) atoms. The van der Waals surface area contributed by atoms with E-state index in [1.54, 1.807) is 0 Å². The average Bonchev–Trinajstić information content (AvgIpc) is 3.16. The molecule has 0 spiro atoms. The van der Waals surface area contributed by atoms with E-state index in [9.17, 15) is 14.4 Å². The number of carbonyl (C=O) groups excluding carboxylic acids is 3. The highest BCUT2D eigenvalue weighted by Gasteiger charge is 2.61. The number of rotatable bonds is 4. The fraction of sp³-hybridized carbons (Fsp3) is 0.222. The molecule has 10 heteroatoms. The summed E-state index contributed by atoms with van der Waals surface area (Å²) in [5.41, 5.74) is 4.11. The number of imide groups is 1. The Morgan fingerprint density at radius 3 is 1.46 bits per heavy atom. The molecule has 2 atom stereocenters. The van der Waals surface area contributed by atoms with Gasteiger partial charge in [0.1, 0.15) is 6.61 Å². The van der Waals surface area contributed by atoms with Gasteiger partial charge >= 0.3 is 5.97 Å². The summed E-state index contributed by atoms with van der Waals surface area (Å²) in [6.45, 7) is -0.359. The number of hydrogen-bond donors (Lipinski definition) is 0. The first-order valence-electron chi connectivity index (χ1n) is 11.5. The van der Waals surface area contributed by atoms with Gasteiger partial charge < -0.3 is 4.74 Å². The summed E-state index contributed by atoms with van der Waals surface area (Å²) < 4.78 is 5.33. The lowest BCUT2D eigenvalue weighted by Gasteiger charge is -2.45. The fourth-order valence-electron chi connectivity index (χ4n) is 6.05. The second kappa shape index (κ2) is 9.18. The van der Waals surface area contributed by atoms with E-state index in [1.165, 1.54) is 4.90 Å². The van der Waals surface area contributed by atoms with Gasteiger partial charge in [0.15, 0.2) is 0 Å². The van der Waals surface area contributed by atoms with Crippen LogP contribution in [-0.4, -0.2) is 35.8 Å². The highest BCUT2D eigenvalue weighted by atomic mass is 35.5. The minimum Gasteiger partial charge on any atom is -0.460 e. The minimum absolute atomic E-state index is 0.0811. The molecule has 0 unspecified atom stereocenters. The van der Waals surface area contributed by atoms with Gasteiger partial charge in [-0.05, 0) is 22.3 Å². The Hall–Kier alpha value is -2.28. The number of benzene rings is 3. The molecule has 188 valence electrons. The van der Waals surface area contributed by atoms with Crippen molar-refractivity contribution in [3.05, 3.63) is 101 Å². The van der Waals surface area contributed by atoms with Crippen LogP contribution < -0.4 is 0 Å². The van der Waals surface area contributed by atoms with Crippen LogP contribution in [0, 0.1) is 11.8 Å². The molecule has 7 rings (SSSR count). The summed E-state index contributed by atoms with van der Waals surface area (Å²) in [6.07, 6.45) is 0. The van der Waals surface area contributed by atoms with Gasteiger partial charge in [-0.3, -0.25) is 14.5 Å². The maximum absolute atomic E-state index is 13.6. The molecule has 4 aliphatic rings. The third-order valence-corrected chi connectivity index (χ3v) is 9.78. The quantitative estimate of drug-likeness (QED) is 0.141. The molecular weight excluding hydrogens is 580 g/mol. The highest BCUT2D eigenvalue weighted by molar-refractivity contribution is 6.56. The van der Waals surface area contributed by atoms with E-state index in [2.05, 4.69) is 0 Å². The van der Waals surface area contributed by atoms with E-state index in [0.717, 1.165) is 22.3 Å². The standard InChI is InChI=1S/C27H16Cl5NO4/c28-20-19(21(29)23(31)24(32)22(20)30)27(36)37-10-9-33-25(34)17-15-11-5-1-2-6-12(11)16(18(17)26(33)35)14-8-4-3-7-13(14)15/h1-8,15-18H,9-10H2/t15?,16?,17-,18-/m0/s1. The maximum atomic E-state index is 13.6. The van der Waals surface area contributed by atoms with Crippen LogP contribution in [0.3, 0.4) is 0 Å². The second-order valence-electron chi connectivity index (χ2n) is 9.17. The monoisotopic (exact) mass is 593 g/mol. The Morgan fingerprint density at radius 1 is 0.676 bits per heavy atom. The average molecular weight is 596 g/mol. The van der Waals surface area contributed by atoms with Crippen molar-refractivity contribution in [2.75, 3.05) is 13.2 Å². The van der Waals surface area contributed by atoms with Crippen molar-refractivity contribution in [2.24, 2.45) is 11.8 Å². The Labute approximate surface area is 237 Å². The van der Waals surface area contributed by atoms with Gasteiger partial charge in [-0.2, -0.15) is 0 Å². The number of nitrogens with zero attached hydrogens (tertiary/aromatic N) is 1. The molecule has 0 N–H and O–H groups in total. The lowest BCUT2D eigenvalue weighted by atomic mass is 9.55. The number of halogens is 5. The van der Waals surface area contributed by atoms with Crippen molar-refractivity contribution in [2.45, 2.75) is 11.8 Å². The van der Waals surface area contributed by atoms with E-state index in [-0.39, 0.29) is 67.5 Å². The van der Waals surface area contributed by atoms with Crippen LogP contribution in [0.25, 0.3) is 0 Å². The lowest BCUT2D eigenvalue weighted by molar-refractivity contribution is -0.140. The molecule has 1 aliphatic heterocycles. The first kappa shape index (κ1) is 25.0. The number of likely N-dealkylation sites (tertiary alicyclic amines) is 1. The normalized spacial score (nSPS) is 23.1. The summed E-state index contributed by atoms with van der Waals surface area (Å²) in [7, 11) is 0. The molecule has 2 bridgehead atoms. The van der Waals surface area contributed by atoms with Gasteiger partial charge in [0.25, 0.3) is 0 Å². The number of amides is 2. The summed E-state index contributed by atoms with van der Waals surface area (Å²) in [5, 5.41) is -0.737. The first-order chi connectivity index (χ1) is 17.7.